The lowest BCUT2D eigenvalue weighted by Crippen LogP contribution is -2.70. The monoisotopic (exact) mass is 457 g/mol. The predicted molar refractivity (Wildman–Crippen MR) is 125 cm³/mol. The van der Waals surface area contributed by atoms with Gasteiger partial charge in [-0.1, -0.05) is 49.7 Å². The Morgan fingerprint density at radius 2 is 1.72 bits per heavy atom. The maximum absolute atomic E-state index is 13.4. The quantitative estimate of drug-likeness (QED) is 0.693. The Hall–Kier alpha value is -2.71. The normalized spacial score (nSPS) is 19.9. The van der Waals surface area contributed by atoms with Crippen LogP contribution in [-0.4, -0.2) is 49.7 Å². The molecule has 1 unspecified atom stereocenters. The van der Waals surface area contributed by atoms with Gasteiger partial charge >= 0.3 is 0 Å². The first-order chi connectivity index (χ1) is 15.1. The van der Waals surface area contributed by atoms with Crippen LogP contribution >= 0.6 is 0 Å². The van der Waals surface area contributed by atoms with E-state index < -0.39 is 21.5 Å². The Labute approximate surface area is 190 Å². The number of carbonyl (C=O) groups excluding carboxylic acids is 2. The van der Waals surface area contributed by atoms with Gasteiger partial charge in [0.2, 0.25) is 21.8 Å². The Morgan fingerprint density at radius 3 is 2.31 bits per heavy atom. The molecule has 8 heteroatoms. The van der Waals surface area contributed by atoms with E-state index in [0.29, 0.717) is 18.2 Å². The molecule has 0 aliphatic carbocycles. The summed E-state index contributed by atoms with van der Waals surface area (Å²) < 4.78 is 27.6. The van der Waals surface area contributed by atoms with Crippen LogP contribution in [0, 0.1) is 12.8 Å². The van der Waals surface area contributed by atoms with Gasteiger partial charge in [-0.2, -0.15) is 4.31 Å². The lowest BCUT2D eigenvalue weighted by Gasteiger charge is -2.46. The number of carbonyl (C=O) groups is 2. The van der Waals surface area contributed by atoms with Crippen LogP contribution in [0.3, 0.4) is 0 Å². The summed E-state index contributed by atoms with van der Waals surface area (Å²) in [4.78, 5) is 28.2. The highest BCUT2D eigenvalue weighted by Gasteiger charge is 2.51. The first-order valence-corrected chi connectivity index (χ1v) is 12.2. The number of amides is 2. The number of sulfonamides is 1. The molecular weight excluding hydrogens is 426 g/mol. The third-order valence-electron chi connectivity index (χ3n) is 5.71. The average Bonchev–Trinajstić information content (AvgIpc) is 2.75. The molecule has 2 amide bonds. The number of aryl methyl sites for hydroxylation is 1. The molecule has 0 aromatic heterocycles. The number of hydrogen-bond donors (Lipinski definition) is 1. The summed E-state index contributed by atoms with van der Waals surface area (Å²) in [7, 11) is -3.94. The maximum Gasteiger partial charge on any atom is 0.247 e. The van der Waals surface area contributed by atoms with Crippen LogP contribution < -0.4 is 10.2 Å². The summed E-state index contributed by atoms with van der Waals surface area (Å²) in [6.45, 7) is 7.66. The van der Waals surface area contributed by atoms with E-state index in [1.165, 1.54) is 17.0 Å². The van der Waals surface area contributed by atoms with Crippen molar-refractivity contribution in [3.05, 3.63) is 60.2 Å². The fourth-order valence-electron chi connectivity index (χ4n) is 3.84. The van der Waals surface area contributed by atoms with E-state index in [1.54, 1.807) is 37.3 Å². The van der Waals surface area contributed by atoms with Crippen molar-refractivity contribution in [1.29, 1.82) is 0 Å². The molecular formula is C24H31N3O4S. The minimum absolute atomic E-state index is 0.0964. The van der Waals surface area contributed by atoms with Crippen LogP contribution in [0.25, 0.3) is 0 Å². The zero-order chi connectivity index (χ0) is 23.5. The summed E-state index contributed by atoms with van der Waals surface area (Å²) in [5, 5.41) is 2.91. The molecule has 1 fully saturated rings. The summed E-state index contributed by atoms with van der Waals surface area (Å²) >= 11 is 0. The molecule has 2 aromatic carbocycles. The van der Waals surface area contributed by atoms with Crippen LogP contribution in [0.15, 0.2) is 59.5 Å². The van der Waals surface area contributed by atoms with E-state index in [1.807, 2.05) is 19.1 Å². The lowest BCUT2D eigenvalue weighted by molar-refractivity contribution is -0.132. The smallest absolute Gasteiger partial charge is 0.247 e. The number of piperazine rings is 1. The highest BCUT2D eigenvalue weighted by atomic mass is 32.2. The van der Waals surface area contributed by atoms with E-state index in [9.17, 15) is 18.0 Å². The predicted octanol–water partition coefficient (Wildman–Crippen LogP) is 2.95. The number of nitrogens with zero attached hydrogens (tertiary/aromatic N) is 2. The van der Waals surface area contributed by atoms with Gasteiger partial charge in [0.05, 0.1) is 11.4 Å². The lowest BCUT2D eigenvalue weighted by atomic mass is 9.94. The molecule has 1 saturated heterocycles. The summed E-state index contributed by atoms with van der Waals surface area (Å²) in [6.07, 6.45) is 0.784. The van der Waals surface area contributed by atoms with E-state index in [4.69, 9.17) is 0 Å². The third kappa shape index (κ3) is 4.86. The standard InChI is InChI=1S/C24H31N3O4S/c1-18(2)14-15-25-23(29)24(4)17-26(32(30,31)21-8-6-5-7-9-21)16-22(28)27(24)20-12-10-19(3)11-13-20/h5-13,18H,14-17H2,1-4H3,(H,25,29). The van der Waals surface area contributed by atoms with E-state index >= 15 is 0 Å². The molecule has 1 aliphatic rings. The van der Waals surface area contributed by atoms with Crippen molar-refractivity contribution >= 4 is 27.5 Å². The van der Waals surface area contributed by atoms with E-state index in [0.717, 1.165) is 16.3 Å². The van der Waals surface area contributed by atoms with Crippen molar-refractivity contribution < 1.29 is 18.0 Å². The number of anilines is 1. The molecule has 3 rings (SSSR count). The van der Waals surface area contributed by atoms with Crippen molar-refractivity contribution in [1.82, 2.24) is 9.62 Å². The molecule has 0 spiro atoms. The number of hydrogen-bond acceptors (Lipinski definition) is 4. The van der Waals surface area contributed by atoms with E-state index in [-0.39, 0.29) is 23.9 Å². The molecule has 0 radical (unpaired) electrons. The van der Waals surface area contributed by atoms with Crippen molar-refractivity contribution in [2.75, 3.05) is 24.5 Å². The fourth-order valence-corrected chi connectivity index (χ4v) is 5.34. The summed E-state index contributed by atoms with van der Waals surface area (Å²) in [5.41, 5.74) is 0.192. The molecule has 1 aliphatic heterocycles. The van der Waals surface area contributed by atoms with Crippen LogP contribution in [0.1, 0.15) is 32.8 Å². The summed E-state index contributed by atoms with van der Waals surface area (Å²) in [5.74, 6) is -0.416. The largest absolute Gasteiger partial charge is 0.354 e. The fraction of sp³-hybridized carbons (Fsp3) is 0.417. The molecule has 0 bridgehead atoms. The second kappa shape index (κ2) is 9.42. The van der Waals surface area contributed by atoms with Crippen molar-refractivity contribution in [3.63, 3.8) is 0 Å². The minimum Gasteiger partial charge on any atom is -0.354 e. The van der Waals surface area contributed by atoms with Crippen LogP contribution in [0.5, 0.6) is 0 Å². The van der Waals surface area contributed by atoms with Crippen molar-refractivity contribution in [2.45, 2.75) is 44.6 Å². The number of benzene rings is 2. The average molecular weight is 458 g/mol. The minimum atomic E-state index is -3.94. The van der Waals surface area contributed by atoms with Gasteiger partial charge in [0.15, 0.2) is 0 Å². The molecule has 1 atom stereocenters. The topological polar surface area (TPSA) is 86.8 Å². The SMILES string of the molecule is Cc1ccc(N2C(=O)CN(S(=O)(=O)c3ccccc3)CC2(C)C(=O)NCCC(C)C)cc1. The van der Waals surface area contributed by atoms with Gasteiger partial charge < -0.3 is 5.32 Å². The Bertz CT molecular complexity index is 1070. The van der Waals surface area contributed by atoms with Crippen molar-refractivity contribution in [2.24, 2.45) is 5.92 Å². The van der Waals surface area contributed by atoms with Crippen molar-refractivity contribution in [3.8, 4) is 0 Å². The maximum atomic E-state index is 13.4. The molecule has 32 heavy (non-hydrogen) atoms. The molecule has 2 aromatic rings. The zero-order valence-electron chi connectivity index (χ0n) is 19.0. The first kappa shape index (κ1) is 23.9. The Morgan fingerprint density at radius 1 is 1.09 bits per heavy atom. The third-order valence-corrected chi connectivity index (χ3v) is 7.51. The Kier molecular flexibility index (Phi) is 7.05. The molecule has 172 valence electrons. The molecule has 1 N–H and O–H groups in total. The highest BCUT2D eigenvalue weighted by Crippen LogP contribution is 2.32. The first-order valence-electron chi connectivity index (χ1n) is 10.8. The Balaban J connectivity index is 1.99. The van der Waals surface area contributed by atoms with Gasteiger partial charge in [-0.3, -0.25) is 14.5 Å². The second-order valence-electron chi connectivity index (χ2n) is 8.86. The van der Waals surface area contributed by atoms with Gasteiger partial charge in [0.25, 0.3) is 0 Å². The number of rotatable bonds is 7. The van der Waals surface area contributed by atoms with E-state index in [2.05, 4.69) is 19.2 Å². The van der Waals surface area contributed by atoms with Gasteiger partial charge in [0.1, 0.15) is 5.54 Å². The molecule has 7 nitrogen and oxygen atoms in total. The van der Waals surface area contributed by atoms with Crippen LogP contribution in [-0.2, 0) is 19.6 Å². The van der Waals surface area contributed by atoms with Crippen LogP contribution in [0.2, 0.25) is 0 Å². The van der Waals surface area contributed by atoms with Gasteiger partial charge in [0, 0.05) is 18.8 Å². The number of nitrogens with one attached hydrogen (secondary N) is 1. The summed E-state index contributed by atoms with van der Waals surface area (Å²) in [6, 6.07) is 15.3. The molecule has 1 heterocycles. The molecule has 0 saturated carbocycles. The van der Waals surface area contributed by atoms with Gasteiger partial charge in [-0.25, -0.2) is 8.42 Å². The van der Waals surface area contributed by atoms with Gasteiger partial charge in [-0.05, 0) is 50.5 Å². The van der Waals surface area contributed by atoms with Crippen LogP contribution in [0.4, 0.5) is 5.69 Å². The van der Waals surface area contributed by atoms with Gasteiger partial charge in [-0.15, -0.1) is 0 Å². The zero-order valence-corrected chi connectivity index (χ0v) is 19.9. The highest BCUT2D eigenvalue weighted by molar-refractivity contribution is 7.89. The second-order valence-corrected chi connectivity index (χ2v) is 10.8.